The van der Waals surface area contributed by atoms with Gasteiger partial charge in [-0.05, 0) is 11.6 Å². The van der Waals surface area contributed by atoms with Crippen LogP contribution in [-0.4, -0.2) is 15.1 Å². The maximum atomic E-state index is 4.86. The summed E-state index contributed by atoms with van der Waals surface area (Å²) in [5.74, 6) is 0.735. The highest BCUT2D eigenvalue weighted by molar-refractivity contribution is 7.98. The highest BCUT2D eigenvalue weighted by Gasteiger charge is 2.11. The summed E-state index contributed by atoms with van der Waals surface area (Å²) < 4.78 is 4.86. The van der Waals surface area contributed by atoms with Crippen LogP contribution in [0.5, 0.6) is 0 Å². The first-order valence-corrected chi connectivity index (χ1v) is 8.52. The second-order valence-electron chi connectivity index (χ2n) is 4.65. The molecule has 4 rings (SSSR count). The highest BCUT2D eigenvalue weighted by atomic mass is 32.2. The van der Waals surface area contributed by atoms with E-state index in [2.05, 4.69) is 33.3 Å². The molecule has 22 heavy (non-hydrogen) atoms. The maximum absolute atomic E-state index is 4.86. The van der Waals surface area contributed by atoms with Crippen molar-refractivity contribution in [3.05, 3.63) is 60.7 Å². The fraction of sp³-hybridized carbons (Fsp3) is 0.0625. The number of nitrogens with zero attached hydrogens (tertiary/aromatic N) is 3. The molecule has 0 saturated heterocycles. The molecule has 0 saturated carbocycles. The van der Waals surface area contributed by atoms with Gasteiger partial charge in [-0.1, -0.05) is 47.3 Å². The fourth-order valence-electron chi connectivity index (χ4n) is 2.15. The Labute approximate surface area is 135 Å². The average molecular weight is 325 g/mol. The number of aromatic nitrogens is 3. The smallest absolute Gasteiger partial charge is 0.128 e. The summed E-state index contributed by atoms with van der Waals surface area (Å²) in [5.41, 5.74) is 2.12. The van der Waals surface area contributed by atoms with Gasteiger partial charge < -0.3 is 4.52 Å². The van der Waals surface area contributed by atoms with Gasteiger partial charge in [0.2, 0.25) is 0 Å². The van der Waals surface area contributed by atoms with Gasteiger partial charge in [-0.15, -0.1) is 11.3 Å². The Morgan fingerprint density at radius 2 is 2.00 bits per heavy atom. The monoisotopic (exact) mass is 325 g/mol. The summed E-state index contributed by atoms with van der Waals surface area (Å²) in [6.07, 6.45) is 3.21. The van der Waals surface area contributed by atoms with Crippen LogP contribution in [0, 0.1) is 0 Å². The van der Waals surface area contributed by atoms with E-state index in [4.69, 9.17) is 4.52 Å². The van der Waals surface area contributed by atoms with E-state index in [1.165, 1.54) is 10.4 Å². The van der Waals surface area contributed by atoms with E-state index in [1.54, 1.807) is 35.7 Å². The van der Waals surface area contributed by atoms with Crippen molar-refractivity contribution in [1.29, 1.82) is 0 Å². The molecule has 0 unspecified atom stereocenters. The fourth-order valence-corrected chi connectivity index (χ4v) is 4.08. The molecule has 6 heteroatoms. The van der Waals surface area contributed by atoms with Crippen molar-refractivity contribution in [2.24, 2.45) is 0 Å². The van der Waals surface area contributed by atoms with Gasteiger partial charge in [0.1, 0.15) is 22.4 Å². The van der Waals surface area contributed by atoms with E-state index in [1.807, 2.05) is 24.3 Å². The zero-order chi connectivity index (χ0) is 14.8. The quantitative estimate of drug-likeness (QED) is 0.404. The number of benzene rings is 1. The summed E-state index contributed by atoms with van der Waals surface area (Å²) in [5, 5.41) is 6.00. The lowest BCUT2D eigenvalue weighted by atomic mass is 10.2. The van der Waals surface area contributed by atoms with Gasteiger partial charge in [0.25, 0.3) is 0 Å². The lowest BCUT2D eigenvalue weighted by molar-refractivity contribution is 0.414. The number of thiophene rings is 1. The van der Waals surface area contributed by atoms with Gasteiger partial charge in [0.15, 0.2) is 0 Å². The zero-order valence-electron chi connectivity index (χ0n) is 11.5. The molecule has 4 nitrogen and oxygen atoms in total. The van der Waals surface area contributed by atoms with E-state index >= 15 is 0 Å². The van der Waals surface area contributed by atoms with Gasteiger partial charge in [0, 0.05) is 22.1 Å². The second-order valence-corrected chi connectivity index (χ2v) is 6.65. The number of fused-ring (bicyclic) bond motifs is 1. The molecular weight excluding hydrogens is 314 g/mol. The number of rotatable bonds is 4. The van der Waals surface area contributed by atoms with E-state index in [0.717, 1.165) is 26.7 Å². The second kappa shape index (κ2) is 5.90. The summed E-state index contributed by atoms with van der Waals surface area (Å²) >= 11 is 3.34. The minimum Gasteiger partial charge on any atom is -0.364 e. The SMILES string of the molecule is c1ccc(-c2cc3c(SCc4ccon4)ncnc3s2)cc1. The van der Waals surface area contributed by atoms with Gasteiger partial charge in [-0.3, -0.25) is 0 Å². The average Bonchev–Trinajstić information content (AvgIpc) is 3.23. The predicted octanol–water partition coefficient (Wildman–Crippen LogP) is 4.64. The lowest BCUT2D eigenvalue weighted by Crippen LogP contribution is -1.85. The van der Waals surface area contributed by atoms with Crippen LogP contribution in [0.3, 0.4) is 0 Å². The molecular formula is C16H11N3OS2. The van der Waals surface area contributed by atoms with Gasteiger partial charge >= 0.3 is 0 Å². The van der Waals surface area contributed by atoms with Crippen molar-refractivity contribution >= 4 is 33.3 Å². The van der Waals surface area contributed by atoms with Gasteiger partial charge in [-0.2, -0.15) is 0 Å². The Morgan fingerprint density at radius 3 is 2.82 bits per heavy atom. The molecule has 1 aromatic carbocycles. The van der Waals surface area contributed by atoms with E-state index in [0.29, 0.717) is 0 Å². The van der Waals surface area contributed by atoms with Crippen LogP contribution in [0.2, 0.25) is 0 Å². The summed E-state index contributed by atoms with van der Waals surface area (Å²) in [7, 11) is 0. The standard InChI is InChI=1S/C16H11N3OS2/c1-2-4-11(5-3-1)14-8-13-15(17-10-18-16(13)22-14)21-9-12-6-7-20-19-12/h1-8,10H,9H2. The number of hydrogen-bond donors (Lipinski definition) is 0. The third-order valence-corrected chi connectivity index (χ3v) is 5.33. The van der Waals surface area contributed by atoms with E-state index in [9.17, 15) is 0 Å². The molecule has 0 N–H and O–H groups in total. The molecule has 0 aliphatic heterocycles. The van der Waals surface area contributed by atoms with Crippen LogP contribution in [0.1, 0.15) is 5.69 Å². The third-order valence-electron chi connectivity index (χ3n) is 3.20. The Morgan fingerprint density at radius 1 is 1.09 bits per heavy atom. The van der Waals surface area contributed by atoms with E-state index in [-0.39, 0.29) is 0 Å². The van der Waals surface area contributed by atoms with Crippen LogP contribution >= 0.6 is 23.1 Å². The van der Waals surface area contributed by atoms with Crippen molar-refractivity contribution in [3.8, 4) is 10.4 Å². The van der Waals surface area contributed by atoms with Crippen molar-refractivity contribution in [1.82, 2.24) is 15.1 Å². The summed E-state index contributed by atoms with van der Waals surface area (Å²) in [6, 6.07) is 14.4. The number of thioether (sulfide) groups is 1. The van der Waals surface area contributed by atoms with E-state index < -0.39 is 0 Å². The Bertz CT molecular complexity index is 888. The van der Waals surface area contributed by atoms with Crippen LogP contribution in [0.4, 0.5) is 0 Å². The molecule has 0 spiro atoms. The molecule has 0 atom stereocenters. The molecule has 3 aromatic heterocycles. The third kappa shape index (κ3) is 2.63. The molecule has 4 aromatic rings. The van der Waals surface area contributed by atoms with Crippen molar-refractivity contribution in [3.63, 3.8) is 0 Å². The Hall–Kier alpha value is -2.18. The number of hydrogen-bond acceptors (Lipinski definition) is 6. The summed E-state index contributed by atoms with van der Waals surface area (Å²) in [4.78, 5) is 11.0. The zero-order valence-corrected chi connectivity index (χ0v) is 13.1. The first kappa shape index (κ1) is 13.5. The minimum atomic E-state index is 0.735. The van der Waals surface area contributed by atoms with Crippen molar-refractivity contribution in [2.45, 2.75) is 10.8 Å². The Kier molecular flexibility index (Phi) is 3.62. The molecule has 0 radical (unpaired) electrons. The summed E-state index contributed by atoms with van der Waals surface area (Å²) in [6.45, 7) is 0. The molecule has 0 aliphatic rings. The van der Waals surface area contributed by atoms with Crippen molar-refractivity contribution < 1.29 is 4.52 Å². The predicted molar refractivity (Wildman–Crippen MR) is 88.9 cm³/mol. The normalized spacial score (nSPS) is 11.1. The largest absolute Gasteiger partial charge is 0.364 e. The van der Waals surface area contributed by atoms with Gasteiger partial charge in [-0.25, -0.2) is 9.97 Å². The first-order valence-electron chi connectivity index (χ1n) is 6.72. The van der Waals surface area contributed by atoms with Crippen LogP contribution in [0.25, 0.3) is 20.7 Å². The molecule has 0 amide bonds. The molecule has 0 fully saturated rings. The maximum Gasteiger partial charge on any atom is 0.128 e. The molecule has 108 valence electrons. The minimum absolute atomic E-state index is 0.735. The topological polar surface area (TPSA) is 51.8 Å². The lowest BCUT2D eigenvalue weighted by Gasteiger charge is -1.99. The molecule has 0 bridgehead atoms. The first-order chi connectivity index (χ1) is 10.9. The van der Waals surface area contributed by atoms with Crippen LogP contribution < -0.4 is 0 Å². The van der Waals surface area contributed by atoms with Gasteiger partial charge in [0.05, 0.1) is 5.69 Å². The van der Waals surface area contributed by atoms with Crippen LogP contribution in [0.15, 0.2) is 64.6 Å². The Balaban J connectivity index is 1.69. The highest BCUT2D eigenvalue weighted by Crippen LogP contribution is 2.36. The molecule has 0 aliphatic carbocycles. The van der Waals surface area contributed by atoms with Crippen molar-refractivity contribution in [2.75, 3.05) is 0 Å². The van der Waals surface area contributed by atoms with Crippen LogP contribution in [-0.2, 0) is 5.75 Å². The molecule has 3 heterocycles.